The predicted octanol–water partition coefficient (Wildman–Crippen LogP) is 2.09. The van der Waals surface area contributed by atoms with Crippen molar-refractivity contribution < 1.29 is 4.79 Å². The molecule has 0 aromatic carbocycles. The van der Waals surface area contributed by atoms with Gasteiger partial charge in [-0.15, -0.1) is 0 Å². The lowest BCUT2D eigenvalue weighted by Crippen LogP contribution is -2.30. The summed E-state index contributed by atoms with van der Waals surface area (Å²) < 4.78 is 3.35. The van der Waals surface area contributed by atoms with Crippen LogP contribution in [0.2, 0.25) is 5.02 Å². The summed E-state index contributed by atoms with van der Waals surface area (Å²) in [6.07, 6.45) is 1.72. The number of aromatic nitrogens is 4. The number of rotatable bonds is 4. The molecule has 0 aliphatic carbocycles. The summed E-state index contributed by atoms with van der Waals surface area (Å²) in [5.74, 6) is -0.241. The molecule has 6 nitrogen and oxygen atoms in total. The van der Waals surface area contributed by atoms with Crippen LogP contribution in [0, 0.1) is 6.92 Å². The van der Waals surface area contributed by atoms with E-state index in [0.29, 0.717) is 16.4 Å². The molecule has 1 N–H and O–H groups in total. The van der Waals surface area contributed by atoms with Gasteiger partial charge in [-0.2, -0.15) is 10.2 Å². The molecule has 0 spiro atoms. The standard InChI is InChI=1S/C13H18ClN5O/c1-5-19-10(6-7-15-19)8(2)16-13(20)12-11(14)9(3)17-18(12)4/h6-8H,5H2,1-4H3,(H,16,20). The van der Waals surface area contributed by atoms with Crippen molar-refractivity contribution in [3.8, 4) is 0 Å². The minimum Gasteiger partial charge on any atom is -0.343 e. The highest BCUT2D eigenvalue weighted by molar-refractivity contribution is 6.34. The van der Waals surface area contributed by atoms with Gasteiger partial charge in [0.05, 0.1) is 22.5 Å². The number of nitrogens with one attached hydrogen (secondary N) is 1. The van der Waals surface area contributed by atoms with E-state index < -0.39 is 0 Å². The van der Waals surface area contributed by atoms with E-state index in [-0.39, 0.29) is 11.9 Å². The fraction of sp³-hybridized carbons (Fsp3) is 0.462. The Labute approximate surface area is 122 Å². The van der Waals surface area contributed by atoms with Crippen molar-refractivity contribution in [2.45, 2.75) is 33.4 Å². The summed E-state index contributed by atoms with van der Waals surface area (Å²) in [6.45, 7) is 6.45. The van der Waals surface area contributed by atoms with E-state index in [9.17, 15) is 4.79 Å². The number of nitrogens with zero attached hydrogens (tertiary/aromatic N) is 4. The van der Waals surface area contributed by atoms with E-state index >= 15 is 0 Å². The number of hydrogen-bond acceptors (Lipinski definition) is 3. The lowest BCUT2D eigenvalue weighted by atomic mass is 10.2. The third-order valence-electron chi connectivity index (χ3n) is 3.20. The van der Waals surface area contributed by atoms with E-state index in [1.54, 1.807) is 20.2 Å². The second-order valence-electron chi connectivity index (χ2n) is 4.64. The highest BCUT2D eigenvalue weighted by Gasteiger charge is 2.21. The number of amides is 1. The van der Waals surface area contributed by atoms with Crippen LogP contribution in [0.3, 0.4) is 0 Å². The van der Waals surface area contributed by atoms with Gasteiger partial charge in [0.25, 0.3) is 5.91 Å². The molecule has 0 saturated heterocycles. The Hall–Kier alpha value is -1.82. The van der Waals surface area contributed by atoms with Gasteiger partial charge in [-0.05, 0) is 26.8 Å². The first-order chi connectivity index (χ1) is 9.45. The van der Waals surface area contributed by atoms with Crippen LogP contribution in [-0.4, -0.2) is 25.5 Å². The van der Waals surface area contributed by atoms with Gasteiger partial charge in [0.1, 0.15) is 5.69 Å². The maximum atomic E-state index is 12.3. The predicted molar refractivity (Wildman–Crippen MR) is 76.7 cm³/mol. The Kier molecular flexibility index (Phi) is 4.13. The second-order valence-corrected chi connectivity index (χ2v) is 5.02. The minimum atomic E-state index is -0.241. The van der Waals surface area contributed by atoms with Crippen LogP contribution in [0.4, 0.5) is 0 Å². The highest BCUT2D eigenvalue weighted by Crippen LogP contribution is 2.20. The van der Waals surface area contributed by atoms with Crippen LogP contribution in [0.5, 0.6) is 0 Å². The van der Waals surface area contributed by atoms with Gasteiger partial charge in [0, 0.05) is 19.8 Å². The molecule has 108 valence electrons. The van der Waals surface area contributed by atoms with Crippen molar-refractivity contribution in [2.75, 3.05) is 0 Å². The van der Waals surface area contributed by atoms with Crippen molar-refractivity contribution in [1.82, 2.24) is 24.9 Å². The lowest BCUT2D eigenvalue weighted by molar-refractivity contribution is 0.0929. The fourth-order valence-corrected chi connectivity index (χ4v) is 2.44. The molecule has 2 aromatic rings. The minimum absolute atomic E-state index is 0.156. The summed E-state index contributed by atoms with van der Waals surface area (Å²) in [5, 5.41) is 11.7. The number of carbonyl (C=O) groups excluding carboxylic acids is 1. The van der Waals surface area contributed by atoms with Gasteiger partial charge in [-0.1, -0.05) is 11.6 Å². The molecule has 2 heterocycles. The monoisotopic (exact) mass is 295 g/mol. The molecule has 1 atom stereocenters. The van der Waals surface area contributed by atoms with Crippen LogP contribution in [-0.2, 0) is 13.6 Å². The molecule has 2 aromatic heterocycles. The zero-order valence-corrected chi connectivity index (χ0v) is 12.8. The molecule has 0 aliphatic heterocycles. The van der Waals surface area contributed by atoms with Gasteiger partial charge in [-0.3, -0.25) is 14.2 Å². The molecule has 0 bridgehead atoms. The first-order valence-corrected chi connectivity index (χ1v) is 6.85. The smallest absolute Gasteiger partial charge is 0.271 e. The second kappa shape index (κ2) is 5.66. The van der Waals surface area contributed by atoms with Crippen molar-refractivity contribution in [1.29, 1.82) is 0 Å². The van der Waals surface area contributed by atoms with Gasteiger partial charge < -0.3 is 5.32 Å². The van der Waals surface area contributed by atoms with Crippen LogP contribution in [0.25, 0.3) is 0 Å². The van der Waals surface area contributed by atoms with Gasteiger partial charge in [0.15, 0.2) is 0 Å². The lowest BCUT2D eigenvalue weighted by Gasteiger charge is -2.15. The van der Waals surface area contributed by atoms with Crippen molar-refractivity contribution in [3.05, 3.63) is 34.4 Å². The molecule has 0 aliphatic rings. The molecule has 7 heteroatoms. The van der Waals surface area contributed by atoms with Crippen LogP contribution in [0.1, 0.15) is 41.8 Å². The van der Waals surface area contributed by atoms with Crippen molar-refractivity contribution in [2.24, 2.45) is 7.05 Å². The van der Waals surface area contributed by atoms with Gasteiger partial charge in [-0.25, -0.2) is 0 Å². The zero-order valence-electron chi connectivity index (χ0n) is 12.0. The van der Waals surface area contributed by atoms with Gasteiger partial charge in [0.2, 0.25) is 0 Å². The third-order valence-corrected chi connectivity index (χ3v) is 3.66. The number of hydrogen-bond donors (Lipinski definition) is 1. The number of aryl methyl sites for hydroxylation is 3. The summed E-state index contributed by atoms with van der Waals surface area (Å²) in [4.78, 5) is 12.3. The normalized spacial score (nSPS) is 12.4. The summed E-state index contributed by atoms with van der Waals surface area (Å²) >= 11 is 6.11. The maximum Gasteiger partial charge on any atom is 0.271 e. The molecule has 2 rings (SSSR count). The number of halogens is 1. The van der Waals surface area contributed by atoms with E-state index in [1.807, 2.05) is 24.6 Å². The van der Waals surface area contributed by atoms with Crippen LogP contribution in [0.15, 0.2) is 12.3 Å². The van der Waals surface area contributed by atoms with Crippen molar-refractivity contribution >= 4 is 17.5 Å². The summed E-state index contributed by atoms with van der Waals surface area (Å²) in [5.41, 5.74) is 1.97. The molecule has 1 amide bonds. The Balaban J connectivity index is 2.19. The Morgan fingerprint density at radius 3 is 2.80 bits per heavy atom. The molecule has 0 saturated carbocycles. The molecular formula is C13H18ClN5O. The SMILES string of the molecule is CCn1nccc1C(C)NC(=O)c1c(Cl)c(C)nn1C. The summed E-state index contributed by atoms with van der Waals surface area (Å²) in [7, 11) is 1.70. The third kappa shape index (κ3) is 2.56. The maximum absolute atomic E-state index is 12.3. The van der Waals surface area contributed by atoms with E-state index in [1.165, 1.54) is 4.68 Å². The molecule has 1 unspecified atom stereocenters. The van der Waals surface area contributed by atoms with E-state index in [4.69, 9.17) is 11.6 Å². The van der Waals surface area contributed by atoms with Crippen LogP contribution >= 0.6 is 11.6 Å². The molecule has 0 fully saturated rings. The number of carbonyl (C=O) groups is 1. The highest BCUT2D eigenvalue weighted by atomic mass is 35.5. The van der Waals surface area contributed by atoms with Gasteiger partial charge >= 0.3 is 0 Å². The Bertz CT molecular complexity index is 631. The molecular weight excluding hydrogens is 278 g/mol. The Morgan fingerprint density at radius 1 is 1.55 bits per heavy atom. The molecule has 20 heavy (non-hydrogen) atoms. The fourth-order valence-electron chi connectivity index (χ4n) is 2.19. The topological polar surface area (TPSA) is 64.7 Å². The first-order valence-electron chi connectivity index (χ1n) is 6.47. The average molecular weight is 296 g/mol. The summed E-state index contributed by atoms with van der Waals surface area (Å²) in [6, 6.07) is 1.74. The molecule has 0 radical (unpaired) electrons. The van der Waals surface area contributed by atoms with E-state index in [0.717, 1.165) is 12.2 Å². The largest absolute Gasteiger partial charge is 0.343 e. The Morgan fingerprint density at radius 2 is 2.25 bits per heavy atom. The van der Waals surface area contributed by atoms with Crippen molar-refractivity contribution in [3.63, 3.8) is 0 Å². The average Bonchev–Trinajstić information content (AvgIpc) is 2.95. The quantitative estimate of drug-likeness (QED) is 0.939. The zero-order chi connectivity index (χ0) is 14.9. The van der Waals surface area contributed by atoms with E-state index in [2.05, 4.69) is 15.5 Å². The van der Waals surface area contributed by atoms with Crippen LogP contribution < -0.4 is 5.32 Å². The first kappa shape index (κ1) is 14.6.